The minimum absolute atomic E-state index is 0.384. The molecule has 0 saturated heterocycles. The number of hydrogen-bond acceptors (Lipinski definition) is 2. The van der Waals surface area contributed by atoms with Crippen LogP contribution in [0.5, 0.6) is 0 Å². The highest BCUT2D eigenvalue weighted by Gasteiger charge is 2.04. The number of hydrogen-bond donors (Lipinski definition) is 0. The molecule has 0 saturated carbocycles. The summed E-state index contributed by atoms with van der Waals surface area (Å²) in [5, 5.41) is 0. The maximum Gasteiger partial charge on any atom is 0.296 e. The highest BCUT2D eigenvalue weighted by atomic mass is 79.9. The van der Waals surface area contributed by atoms with Crippen molar-refractivity contribution < 1.29 is 0 Å². The summed E-state index contributed by atoms with van der Waals surface area (Å²) in [6.07, 6.45) is 4.97. The van der Waals surface area contributed by atoms with Gasteiger partial charge in [-0.2, -0.15) is 0 Å². The number of rotatable bonds is 0. The molecule has 2 heterocycles. The van der Waals surface area contributed by atoms with E-state index >= 15 is 0 Å². The summed E-state index contributed by atoms with van der Waals surface area (Å²) in [5.74, 6) is 0.384. The van der Waals surface area contributed by atoms with Crippen LogP contribution in [-0.4, -0.2) is 14.4 Å². The van der Waals surface area contributed by atoms with Gasteiger partial charge in [0.25, 0.3) is 5.82 Å². The van der Waals surface area contributed by atoms with E-state index in [-0.39, 0.29) is 0 Å². The van der Waals surface area contributed by atoms with Crippen LogP contribution in [0.15, 0.2) is 23.3 Å². The number of halogens is 1. The molecule has 2 aromatic rings. The van der Waals surface area contributed by atoms with Crippen molar-refractivity contribution in [2.75, 3.05) is 0 Å². The average Bonchev–Trinajstić information content (AvgIpc) is 2.46. The van der Waals surface area contributed by atoms with Gasteiger partial charge in [0.2, 0.25) is 0 Å². The van der Waals surface area contributed by atoms with Crippen molar-refractivity contribution in [1.82, 2.24) is 14.4 Å². The zero-order valence-electron chi connectivity index (χ0n) is 5.90. The molecule has 0 radical (unpaired) electrons. The standard InChI is InChI=1S/C7H3BrN4/c1-9-7-5-2-10-6(8)3-12(5)4-11-7/h2-4H. The average molecular weight is 223 g/mol. The lowest BCUT2D eigenvalue weighted by molar-refractivity contribution is 1.09. The van der Waals surface area contributed by atoms with E-state index < -0.39 is 0 Å². The Morgan fingerprint density at radius 1 is 1.50 bits per heavy atom. The van der Waals surface area contributed by atoms with Crippen molar-refractivity contribution in [3.8, 4) is 0 Å². The molecule has 0 N–H and O–H groups in total. The molecule has 12 heavy (non-hydrogen) atoms. The van der Waals surface area contributed by atoms with E-state index in [0.29, 0.717) is 5.82 Å². The van der Waals surface area contributed by atoms with Crippen molar-refractivity contribution in [3.63, 3.8) is 0 Å². The van der Waals surface area contributed by atoms with Crippen LogP contribution in [-0.2, 0) is 0 Å². The summed E-state index contributed by atoms with van der Waals surface area (Å²) >= 11 is 3.23. The van der Waals surface area contributed by atoms with Gasteiger partial charge < -0.3 is 4.85 Å². The molecule has 5 heteroatoms. The maximum atomic E-state index is 6.81. The molecule has 0 fully saturated rings. The molecule has 0 aliphatic carbocycles. The molecule has 0 amide bonds. The number of nitrogens with zero attached hydrogens (tertiary/aromatic N) is 4. The van der Waals surface area contributed by atoms with E-state index in [1.165, 1.54) is 0 Å². The minimum atomic E-state index is 0.384. The first-order valence-electron chi connectivity index (χ1n) is 3.17. The molecule has 0 aliphatic heterocycles. The van der Waals surface area contributed by atoms with Gasteiger partial charge in [-0.25, -0.2) is 4.98 Å². The first-order valence-corrected chi connectivity index (χ1v) is 3.96. The van der Waals surface area contributed by atoms with Crippen LogP contribution in [0, 0.1) is 6.57 Å². The summed E-state index contributed by atoms with van der Waals surface area (Å²) in [7, 11) is 0. The van der Waals surface area contributed by atoms with E-state index in [4.69, 9.17) is 6.57 Å². The first kappa shape index (κ1) is 7.25. The van der Waals surface area contributed by atoms with Crippen LogP contribution in [0.2, 0.25) is 0 Å². The normalized spacial score (nSPS) is 10.0. The Morgan fingerprint density at radius 3 is 3.08 bits per heavy atom. The largest absolute Gasteiger partial charge is 0.359 e. The molecular weight excluding hydrogens is 220 g/mol. The lowest BCUT2D eigenvalue weighted by atomic mass is 10.5. The van der Waals surface area contributed by atoms with Gasteiger partial charge in [-0.15, -0.1) is 4.98 Å². The van der Waals surface area contributed by atoms with Crippen molar-refractivity contribution in [1.29, 1.82) is 0 Å². The van der Waals surface area contributed by atoms with Crippen LogP contribution in [0.25, 0.3) is 10.4 Å². The van der Waals surface area contributed by atoms with Crippen LogP contribution < -0.4 is 0 Å². The Labute approximate surface area is 76.8 Å². The predicted molar refractivity (Wildman–Crippen MR) is 46.9 cm³/mol. The molecular formula is C7H3BrN4. The van der Waals surface area contributed by atoms with Gasteiger partial charge in [0, 0.05) is 12.4 Å². The van der Waals surface area contributed by atoms with Gasteiger partial charge in [-0.3, -0.25) is 4.40 Å². The van der Waals surface area contributed by atoms with E-state index in [0.717, 1.165) is 10.1 Å². The topological polar surface area (TPSA) is 34.5 Å². The predicted octanol–water partition coefficient (Wildman–Crippen LogP) is 2.04. The SMILES string of the molecule is [C-]#[N+]c1ncn2cc(Br)ncc12. The quantitative estimate of drug-likeness (QED) is 0.640. The van der Waals surface area contributed by atoms with Gasteiger partial charge in [0.1, 0.15) is 4.60 Å². The molecule has 4 nitrogen and oxygen atoms in total. The minimum Gasteiger partial charge on any atom is -0.359 e. The third-order valence-corrected chi connectivity index (χ3v) is 1.88. The molecule has 0 aromatic carbocycles. The van der Waals surface area contributed by atoms with Gasteiger partial charge in [0.15, 0.2) is 6.33 Å². The summed E-state index contributed by atoms with van der Waals surface area (Å²) in [6.45, 7) is 6.81. The van der Waals surface area contributed by atoms with Crippen molar-refractivity contribution in [3.05, 3.63) is 34.7 Å². The van der Waals surface area contributed by atoms with Crippen LogP contribution in [0.1, 0.15) is 0 Å². The Hall–Kier alpha value is -1.41. The van der Waals surface area contributed by atoms with Crippen LogP contribution in [0.3, 0.4) is 0 Å². The third kappa shape index (κ3) is 0.970. The van der Waals surface area contributed by atoms with Crippen molar-refractivity contribution >= 4 is 27.3 Å². The molecule has 0 spiro atoms. The van der Waals surface area contributed by atoms with Crippen LogP contribution >= 0.6 is 15.9 Å². The second kappa shape index (κ2) is 2.57. The molecule has 2 aromatic heterocycles. The third-order valence-electron chi connectivity index (χ3n) is 1.47. The summed E-state index contributed by atoms with van der Waals surface area (Å²) in [4.78, 5) is 11.2. The maximum absolute atomic E-state index is 6.81. The molecule has 58 valence electrons. The zero-order chi connectivity index (χ0) is 8.55. The molecule has 0 bridgehead atoms. The molecule has 0 atom stereocenters. The number of aromatic nitrogens is 3. The van der Waals surface area contributed by atoms with E-state index in [2.05, 4.69) is 30.7 Å². The van der Waals surface area contributed by atoms with E-state index in [1.54, 1.807) is 23.1 Å². The fourth-order valence-corrected chi connectivity index (χ4v) is 1.27. The first-order chi connectivity index (χ1) is 5.81. The Balaban J connectivity index is 2.84. The Kier molecular flexibility index (Phi) is 1.55. The number of imidazole rings is 1. The lowest BCUT2D eigenvalue weighted by Gasteiger charge is -1.92. The fourth-order valence-electron chi connectivity index (χ4n) is 0.945. The second-order valence-corrected chi connectivity index (χ2v) is 2.99. The van der Waals surface area contributed by atoms with Crippen molar-refractivity contribution in [2.24, 2.45) is 0 Å². The smallest absolute Gasteiger partial charge is 0.296 e. The Bertz CT molecular complexity index is 468. The Morgan fingerprint density at radius 2 is 2.33 bits per heavy atom. The highest BCUT2D eigenvalue weighted by Crippen LogP contribution is 2.18. The zero-order valence-corrected chi connectivity index (χ0v) is 7.48. The number of fused-ring (bicyclic) bond motifs is 1. The van der Waals surface area contributed by atoms with Crippen molar-refractivity contribution in [2.45, 2.75) is 0 Å². The van der Waals surface area contributed by atoms with Crippen LogP contribution in [0.4, 0.5) is 5.82 Å². The lowest BCUT2D eigenvalue weighted by Crippen LogP contribution is -1.83. The van der Waals surface area contributed by atoms with E-state index in [1.807, 2.05) is 0 Å². The van der Waals surface area contributed by atoms with Gasteiger partial charge in [-0.1, -0.05) is 6.57 Å². The fraction of sp³-hybridized carbons (Fsp3) is 0. The molecule has 0 unspecified atom stereocenters. The highest BCUT2D eigenvalue weighted by molar-refractivity contribution is 9.10. The van der Waals surface area contributed by atoms with Gasteiger partial charge in [0.05, 0.1) is 5.52 Å². The molecule has 2 rings (SSSR count). The summed E-state index contributed by atoms with van der Waals surface area (Å²) < 4.78 is 2.48. The van der Waals surface area contributed by atoms with E-state index in [9.17, 15) is 0 Å². The summed E-state index contributed by atoms with van der Waals surface area (Å²) in [5.41, 5.74) is 0.730. The monoisotopic (exact) mass is 222 g/mol. The second-order valence-electron chi connectivity index (χ2n) is 2.18. The molecule has 0 aliphatic rings. The van der Waals surface area contributed by atoms with Gasteiger partial charge in [-0.05, 0) is 15.9 Å². The van der Waals surface area contributed by atoms with Gasteiger partial charge >= 0.3 is 0 Å². The summed E-state index contributed by atoms with van der Waals surface area (Å²) in [6, 6.07) is 0.